The first-order chi connectivity index (χ1) is 11.5. The average Bonchev–Trinajstić information content (AvgIpc) is 2.96. The molecule has 0 radical (unpaired) electrons. The van der Waals surface area contributed by atoms with Crippen molar-refractivity contribution in [2.24, 2.45) is 7.05 Å². The fourth-order valence-corrected chi connectivity index (χ4v) is 2.44. The van der Waals surface area contributed by atoms with Crippen molar-refractivity contribution in [2.45, 2.75) is 13.8 Å². The maximum atomic E-state index is 12.5. The summed E-state index contributed by atoms with van der Waals surface area (Å²) in [6, 6.07) is 1.43. The summed E-state index contributed by atoms with van der Waals surface area (Å²) in [5, 5.41) is 4.09. The number of esters is 1. The number of amides is 2. The molecule has 2 heterocycles. The van der Waals surface area contributed by atoms with Gasteiger partial charge in [0.1, 0.15) is 5.69 Å². The van der Waals surface area contributed by atoms with E-state index in [1.54, 1.807) is 30.7 Å². The summed E-state index contributed by atoms with van der Waals surface area (Å²) in [6.45, 7) is 5.63. The summed E-state index contributed by atoms with van der Waals surface area (Å²) >= 11 is 0. The van der Waals surface area contributed by atoms with Crippen molar-refractivity contribution < 1.29 is 23.9 Å². The standard InChI is InChI=1S/C15H22N4O5/c1-4-23-14(21)12-10-11(16-17(12)3)13(20)18-6-8-19(9-7-18)15(22)24-5-2/h10H,4-9H2,1-3H3. The van der Waals surface area contributed by atoms with Crippen LogP contribution in [0.4, 0.5) is 4.79 Å². The number of nitrogens with zero attached hydrogens (tertiary/aromatic N) is 4. The highest BCUT2D eigenvalue weighted by atomic mass is 16.6. The minimum absolute atomic E-state index is 0.185. The van der Waals surface area contributed by atoms with Gasteiger partial charge in [0, 0.05) is 39.3 Å². The van der Waals surface area contributed by atoms with Crippen LogP contribution in [-0.2, 0) is 16.5 Å². The van der Waals surface area contributed by atoms with Crippen LogP contribution >= 0.6 is 0 Å². The molecule has 0 bridgehead atoms. The van der Waals surface area contributed by atoms with Crippen molar-refractivity contribution >= 4 is 18.0 Å². The third kappa shape index (κ3) is 3.84. The molecule has 1 saturated heterocycles. The van der Waals surface area contributed by atoms with Crippen LogP contribution < -0.4 is 0 Å². The monoisotopic (exact) mass is 338 g/mol. The van der Waals surface area contributed by atoms with E-state index >= 15 is 0 Å². The highest BCUT2D eigenvalue weighted by Crippen LogP contribution is 2.11. The van der Waals surface area contributed by atoms with E-state index in [-0.39, 0.29) is 30.0 Å². The summed E-state index contributed by atoms with van der Waals surface area (Å²) in [5.41, 5.74) is 0.412. The number of aryl methyl sites for hydroxylation is 1. The van der Waals surface area contributed by atoms with E-state index in [2.05, 4.69) is 5.10 Å². The Morgan fingerprint density at radius 2 is 1.62 bits per heavy atom. The number of rotatable bonds is 4. The van der Waals surface area contributed by atoms with E-state index in [1.807, 2.05) is 0 Å². The predicted octanol–water partition coefficient (Wildman–Crippen LogP) is 0.511. The Morgan fingerprint density at radius 1 is 1.04 bits per heavy atom. The quantitative estimate of drug-likeness (QED) is 0.743. The summed E-state index contributed by atoms with van der Waals surface area (Å²) in [5.74, 6) is -0.789. The number of carbonyl (C=O) groups excluding carboxylic acids is 3. The van der Waals surface area contributed by atoms with Crippen molar-refractivity contribution in [2.75, 3.05) is 39.4 Å². The van der Waals surface area contributed by atoms with Gasteiger partial charge in [-0.3, -0.25) is 9.48 Å². The van der Waals surface area contributed by atoms with Crippen molar-refractivity contribution in [3.63, 3.8) is 0 Å². The zero-order valence-electron chi connectivity index (χ0n) is 14.2. The summed E-state index contributed by atoms with van der Waals surface area (Å²) in [6.07, 6.45) is -0.368. The Kier molecular flexibility index (Phi) is 5.78. The summed E-state index contributed by atoms with van der Waals surface area (Å²) in [7, 11) is 1.59. The van der Waals surface area contributed by atoms with Gasteiger partial charge in [0.15, 0.2) is 5.69 Å². The fourth-order valence-electron chi connectivity index (χ4n) is 2.44. The number of hydrogen-bond acceptors (Lipinski definition) is 6. The van der Waals surface area contributed by atoms with Gasteiger partial charge in [0.05, 0.1) is 13.2 Å². The molecule has 0 aliphatic carbocycles. The smallest absolute Gasteiger partial charge is 0.409 e. The predicted molar refractivity (Wildman–Crippen MR) is 83.7 cm³/mol. The van der Waals surface area contributed by atoms with Crippen LogP contribution in [0.15, 0.2) is 6.07 Å². The first kappa shape index (κ1) is 17.8. The molecule has 132 valence electrons. The van der Waals surface area contributed by atoms with Crippen LogP contribution in [0.5, 0.6) is 0 Å². The largest absolute Gasteiger partial charge is 0.461 e. The number of aromatic nitrogens is 2. The van der Waals surface area contributed by atoms with Crippen LogP contribution in [0.3, 0.4) is 0 Å². The first-order valence-electron chi connectivity index (χ1n) is 7.90. The van der Waals surface area contributed by atoms with E-state index in [4.69, 9.17) is 9.47 Å². The van der Waals surface area contributed by atoms with Gasteiger partial charge in [-0.15, -0.1) is 0 Å². The molecule has 0 saturated carbocycles. The third-order valence-corrected chi connectivity index (χ3v) is 3.68. The fraction of sp³-hybridized carbons (Fsp3) is 0.600. The van der Waals surface area contributed by atoms with Crippen molar-refractivity contribution in [1.29, 1.82) is 0 Å². The van der Waals surface area contributed by atoms with Gasteiger partial charge in [0.25, 0.3) is 5.91 Å². The average molecular weight is 338 g/mol. The van der Waals surface area contributed by atoms with E-state index in [9.17, 15) is 14.4 Å². The van der Waals surface area contributed by atoms with Crippen LogP contribution in [-0.4, -0.2) is 76.9 Å². The topological polar surface area (TPSA) is 94.0 Å². The minimum atomic E-state index is -0.515. The summed E-state index contributed by atoms with van der Waals surface area (Å²) < 4.78 is 11.2. The van der Waals surface area contributed by atoms with Gasteiger partial charge < -0.3 is 19.3 Å². The van der Waals surface area contributed by atoms with Crippen molar-refractivity contribution in [3.8, 4) is 0 Å². The van der Waals surface area contributed by atoms with Gasteiger partial charge >= 0.3 is 12.1 Å². The number of ether oxygens (including phenoxy) is 2. The second-order valence-corrected chi connectivity index (χ2v) is 5.24. The van der Waals surface area contributed by atoms with E-state index in [0.717, 1.165) is 0 Å². The Morgan fingerprint density at radius 3 is 2.21 bits per heavy atom. The SMILES string of the molecule is CCOC(=O)c1cc(C(=O)N2CCN(C(=O)OCC)CC2)nn1C. The number of carbonyl (C=O) groups is 3. The molecule has 1 aromatic rings. The second kappa shape index (κ2) is 7.80. The minimum Gasteiger partial charge on any atom is -0.461 e. The molecule has 9 heteroatoms. The summed E-state index contributed by atoms with van der Waals surface area (Å²) in [4.78, 5) is 39.1. The lowest BCUT2D eigenvalue weighted by Gasteiger charge is -2.33. The lowest BCUT2D eigenvalue weighted by Crippen LogP contribution is -2.50. The highest BCUT2D eigenvalue weighted by molar-refractivity contribution is 5.96. The Labute approximate surface area is 140 Å². The Bertz CT molecular complexity index is 619. The zero-order chi connectivity index (χ0) is 17.7. The number of hydrogen-bond donors (Lipinski definition) is 0. The van der Waals surface area contributed by atoms with Crippen LogP contribution in [0, 0.1) is 0 Å². The van der Waals surface area contributed by atoms with Crippen molar-refractivity contribution in [1.82, 2.24) is 19.6 Å². The molecule has 0 unspecified atom stereocenters. The van der Waals surface area contributed by atoms with Gasteiger partial charge in [-0.05, 0) is 13.8 Å². The normalized spacial score (nSPS) is 14.5. The Balaban J connectivity index is 1.99. The zero-order valence-corrected chi connectivity index (χ0v) is 14.2. The van der Waals surface area contributed by atoms with Gasteiger partial charge in [-0.1, -0.05) is 0 Å². The van der Waals surface area contributed by atoms with Crippen LogP contribution in [0.1, 0.15) is 34.8 Å². The van der Waals surface area contributed by atoms with E-state index in [1.165, 1.54) is 10.7 Å². The van der Waals surface area contributed by atoms with E-state index in [0.29, 0.717) is 32.8 Å². The lowest BCUT2D eigenvalue weighted by molar-refractivity contribution is 0.0513. The molecule has 1 fully saturated rings. The van der Waals surface area contributed by atoms with Crippen LogP contribution in [0.25, 0.3) is 0 Å². The third-order valence-electron chi connectivity index (χ3n) is 3.68. The molecule has 24 heavy (non-hydrogen) atoms. The molecule has 1 aliphatic rings. The van der Waals surface area contributed by atoms with Crippen LogP contribution in [0.2, 0.25) is 0 Å². The Hall–Kier alpha value is -2.58. The number of piperazine rings is 1. The van der Waals surface area contributed by atoms with Crippen molar-refractivity contribution in [3.05, 3.63) is 17.5 Å². The second-order valence-electron chi connectivity index (χ2n) is 5.24. The molecule has 1 aromatic heterocycles. The molecule has 9 nitrogen and oxygen atoms in total. The molecule has 0 atom stereocenters. The van der Waals surface area contributed by atoms with E-state index < -0.39 is 5.97 Å². The molecule has 0 spiro atoms. The maximum absolute atomic E-state index is 12.5. The molecule has 2 amide bonds. The molecule has 0 N–H and O–H groups in total. The van der Waals surface area contributed by atoms with Gasteiger partial charge in [-0.2, -0.15) is 5.10 Å². The van der Waals surface area contributed by atoms with Gasteiger partial charge in [-0.25, -0.2) is 9.59 Å². The maximum Gasteiger partial charge on any atom is 0.409 e. The highest BCUT2D eigenvalue weighted by Gasteiger charge is 2.28. The molecular weight excluding hydrogens is 316 g/mol. The molecule has 0 aromatic carbocycles. The molecular formula is C15H22N4O5. The first-order valence-corrected chi connectivity index (χ1v) is 7.90. The van der Waals surface area contributed by atoms with Gasteiger partial charge in [0.2, 0.25) is 0 Å². The molecule has 2 rings (SSSR count). The molecule has 1 aliphatic heterocycles. The lowest BCUT2D eigenvalue weighted by atomic mass is 10.2.